The molecule has 3 aliphatic rings. The van der Waals surface area contributed by atoms with E-state index in [4.69, 9.17) is 0 Å². The minimum atomic E-state index is -0.0507. The lowest BCUT2D eigenvalue weighted by molar-refractivity contribution is -0.120. The smallest absolute Gasteiger partial charge is 0.251 e. The molecule has 0 radical (unpaired) electrons. The van der Waals surface area contributed by atoms with Gasteiger partial charge in [0.1, 0.15) is 6.04 Å². The first-order chi connectivity index (χ1) is 14.1. The maximum Gasteiger partial charge on any atom is 0.251 e. The minimum Gasteiger partial charge on any atom is -0.358 e. The number of likely N-dealkylation sites (tertiary alicyclic amines) is 1. The Bertz CT molecular complexity index is 742. The summed E-state index contributed by atoms with van der Waals surface area (Å²) in [6.07, 6.45) is 9.41. The van der Waals surface area contributed by atoms with E-state index in [1.165, 1.54) is 38.8 Å². The third-order valence-electron chi connectivity index (χ3n) is 6.66. The molecule has 1 aromatic carbocycles. The molecule has 6 nitrogen and oxygen atoms in total. The number of fused-ring (bicyclic) bond motifs is 3. The molecule has 158 valence electrons. The Hall–Kier alpha value is -2.08. The summed E-state index contributed by atoms with van der Waals surface area (Å²) in [4.78, 5) is 31.9. The van der Waals surface area contributed by atoms with E-state index in [0.717, 1.165) is 50.1 Å². The van der Waals surface area contributed by atoms with Crippen molar-refractivity contribution in [1.82, 2.24) is 10.2 Å². The van der Waals surface area contributed by atoms with Gasteiger partial charge >= 0.3 is 0 Å². The first-order valence-corrected chi connectivity index (χ1v) is 11.3. The largest absolute Gasteiger partial charge is 0.358 e. The van der Waals surface area contributed by atoms with Crippen molar-refractivity contribution in [1.29, 1.82) is 0 Å². The van der Waals surface area contributed by atoms with Gasteiger partial charge in [-0.05, 0) is 76.4 Å². The van der Waals surface area contributed by atoms with Crippen molar-refractivity contribution in [3.8, 4) is 0 Å². The summed E-state index contributed by atoms with van der Waals surface area (Å²) in [7, 11) is 1.83. The number of rotatable bonds is 5. The molecule has 0 spiro atoms. The van der Waals surface area contributed by atoms with Crippen molar-refractivity contribution in [2.24, 2.45) is 0 Å². The van der Waals surface area contributed by atoms with Gasteiger partial charge in [0, 0.05) is 25.7 Å². The summed E-state index contributed by atoms with van der Waals surface area (Å²) in [6.45, 7) is 5.04. The van der Waals surface area contributed by atoms with Gasteiger partial charge in [-0.2, -0.15) is 0 Å². The predicted octanol–water partition coefficient (Wildman–Crippen LogP) is 3.02. The number of amides is 2. The first-order valence-electron chi connectivity index (χ1n) is 11.3. The molecule has 0 aromatic heterocycles. The van der Waals surface area contributed by atoms with Gasteiger partial charge in [0.15, 0.2) is 0 Å². The van der Waals surface area contributed by atoms with E-state index in [2.05, 4.69) is 15.1 Å². The van der Waals surface area contributed by atoms with Crippen molar-refractivity contribution >= 4 is 23.2 Å². The molecule has 3 heterocycles. The van der Waals surface area contributed by atoms with Crippen LogP contribution in [0.1, 0.15) is 61.7 Å². The van der Waals surface area contributed by atoms with Crippen LogP contribution in [0.4, 0.5) is 11.4 Å². The molecule has 1 aromatic rings. The van der Waals surface area contributed by atoms with E-state index in [9.17, 15) is 9.59 Å². The molecule has 29 heavy (non-hydrogen) atoms. The van der Waals surface area contributed by atoms with Crippen LogP contribution in [0.15, 0.2) is 18.2 Å². The summed E-state index contributed by atoms with van der Waals surface area (Å²) < 4.78 is 0. The topological polar surface area (TPSA) is 55.9 Å². The van der Waals surface area contributed by atoms with Crippen LogP contribution >= 0.6 is 0 Å². The molecule has 0 unspecified atom stereocenters. The number of carbonyl (C=O) groups is 2. The van der Waals surface area contributed by atoms with Gasteiger partial charge in [0.2, 0.25) is 5.91 Å². The van der Waals surface area contributed by atoms with Crippen LogP contribution < -0.4 is 15.1 Å². The molecule has 0 saturated carbocycles. The van der Waals surface area contributed by atoms with Gasteiger partial charge in [0.05, 0.1) is 11.4 Å². The quantitative estimate of drug-likeness (QED) is 0.775. The second-order valence-electron chi connectivity index (χ2n) is 8.67. The van der Waals surface area contributed by atoms with E-state index < -0.39 is 0 Å². The van der Waals surface area contributed by atoms with Crippen LogP contribution in [0.3, 0.4) is 0 Å². The average molecular weight is 399 g/mol. The van der Waals surface area contributed by atoms with Gasteiger partial charge in [-0.25, -0.2) is 0 Å². The third-order valence-corrected chi connectivity index (χ3v) is 6.66. The molecule has 0 bridgehead atoms. The molecule has 0 aliphatic carbocycles. The molecule has 2 amide bonds. The standard InChI is InChI=1S/C23H34N4O2/c1-25-21-17-18(10-11-19(21)27-16-7-4-9-20(27)23(25)29)22(28)24-12-8-15-26-13-5-2-3-6-14-26/h10-11,17,20H,2-9,12-16H2,1H3,(H,24,28)/t20-/m0/s1. The van der Waals surface area contributed by atoms with Crippen LogP contribution in [0.5, 0.6) is 0 Å². The zero-order valence-corrected chi connectivity index (χ0v) is 17.7. The summed E-state index contributed by atoms with van der Waals surface area (Å²) in [5, 5.41) is 3.06. The number of hydrogen-bond donors (Lipinski definition) is 1. The minimum absolute atomic E-state index is 0.0417. The molecule has 3 aliphatic heterocycles. The van der Waals surface area contributed by atoms with E-state index in [0.29, 0.717) is 12.1 Å². The van der Waals surface area contributed by atoms with Crippen LogP contribution in [0.2, 0.25) is 0 Å². The number of carbonyl (C=O) groups excluding carboxylic acids is 2. The highest BCUT2D eigenvalue weighted by Gasteiger charge is 2.37. The molecule has 4 rings (SSSR count). The van der Waals surface area contributed by atoms with Crippen molar-refractivity contribution in [2.45, 2.75) is 57.4 Å². The highest BCUT2D eigenvalue weighted by atomic mass is 16.2. The fraction of sp³-hybridized carbons (Fsp3) is 0.652. The van der Waals surface area contributed by atoms with Crippen LogP contribution in [0, 0.1) is 0 Å². The summed E-state index contributed by atoms with van der Waals surface area (Å²) in [5.74, 6) is 0.0949. The molecule has 1 N–H and O–H groups in total. The van der Waals surface area contributed by atoms with E-state index in [1.54, 1.807) is 4.90 Å². The number of likely N-dealkylation sites (N-methyl/N-ethyl adjacent to an activating group) is 1. The van der Waals surface area contributed by atoms with Gasteiger partial charge in [0.25, 0.3) is 5.91 Å². The molecule has 1 atom stereocenters. The van der Waals surface area contributed by atoms with E-state index in [1.807, 2.05) is 25.2 Å². The zero-order valence-electron chi connectivity index (χ0n) is 17.7. The lowest BCUT2D eigenvalue weighted by Crippen LogP contribution is -2.54. The first kappa shape index (κ1) is 20.2. The number of benzene rings is 1. The number of anilines is 2. The number of hydrogen-bond acceptors (Lipinski definition) is 4. The summed E-state index contributed by atoms with van der Waals surface area (Å²) in [5.41, 5.74) is 2.56. The van der Waals surface area contributed by atoms with Crippen molar-refractivity contribution in [2.75, 3.05) is 49.6 Å². The number of piperidine rings is 1. The lowest BCUT2D eigenvalue weighted by Gasteiger charge is -2.44. The Kier molecular flexibility index (Phi) is 6.38. The Labute approximate surface area is 174 Å². The van der Waals surface area contributed by atoms with E-state index >= 15 is 0 Å². The highest BCUT2D eigenvalue weighted by molar-refractivity contribution is 6.07. The van der Waals surface area contributed by atoms with Crippen LogP contribution in [-0.4, -0.2) is 62.5 Å². The molecular weight excluding hydrogens is 364 g/mol. The maximum absolute atomic E-state index is 12.8. The summed E-state index contributed by atoms with van der Waals surface area (Å²) >= 11 is 0. The second-order valence-corrected chi connectivity index (χ2v) is 8.67. The highest BCUT2D eigenvalue weighted by Crippen LogP contribution is 2.39. The van der Waals surface area contributed by atoms with Gasteiger partial charge in [-0.3, -0.25) is 9.59 Å². The lowest BCUT2D eigenvalue weighted by atomic mass is 9.96. The SMILES string of the molecule is CN1C(=O)[C@@H]2CCCCN2c2ccc(C(=O)NCCCN3CCCCCC3)cc21. The van der Waals surface area contributed by atoms with Crippen molar-refractivity contribution in [3.05, 3.63) is 23.8 Å². The Morgan fingerprint density at radius 1 is 1.03 bits per heavy atom. The Morgan fingerprint density at radius 2 is 1.79 bits per heavy atom. The number of nitrogens with zero attached hydrogens (tertiary/aromatic N) is 3. The monoisotopic (exact) mass is 398 g/mol. The van der Waals surface area contributed by atoms with Gasteiger partial charge < -0.3 is 20.0 Å². The normalized spacial score (nSPS) is 22.7. The van der Waals surface area contributed by atoms with Crippen LogP contribution in [-0.2, 0) is 4.79 Å². The van der Waals surface area contributed by atoms with E-state index in [-0.39, 0.29) is 17.9 Å². The number of nitrogens with one attached hydrogen (secondary N) is 1. The summed E-state index contributed by atoms with van der Waals surface area (Å²) in [6, 6.07) is 5.75. The predicted molar refractivity (Wildman–Crippen MR) is 117 cm³/mol. The van der Waals surface area contributed by atoms with Crippen molar-refractivity contribution < 1.29 is 9.59 Å². The average Bonchev–Trinajstić information content (AvgIpc) is 3.03. The second kappa shape index (κ2) is 9.16. The molecule has 2 saturated heterocycles. The fourth-order valence-corrected chi connectivity index (χ4v) is 4.96. The van der Waals surface area contributed by atoms with Crippen LogP contribution in [0.25, 0.3) is 0 Å². The van der Waals surface area contributed by atoms with Gasteiger partial charge in [-0.15, -0.1) is 0 Å². The Morgan fingerprint density at radius 3 is 2.59 bits per heavy atom. The fourth-order valence-electron chi connectivity index (χ4n) is 4.96. The van der Waals surface area contributed by atoms with Crippen molar-refractivity contribution in [3.63, 3.8) is 0 Å². The maximum atomic E-state index is 12.8. The molecule has 6 heteroatoms. The zero-order chi connectivity index (χ0) is 20.2. The third kappa shape index (κ3) is 4.42. The van der Waals surface area contributed by atoms with Gasteiger partial charge in [-0.1, -0.05) is 12.8 Å². The Balaban J connectivity index is 1.35. The molecular formula is C23H34N4O2. The molecule has 2 fully saturated rings.